The van der Waals surface area contributed by atoms with Gasteiger partial charge in [-0.05, 0) is 32.6 Å². The van der Waals surface area contributed by atoms with Gasteiger partial charge in [0, 0.05) is 5.92 Å². The van der Waals surface area contributed by atoms with Gasteiger partial charge in [0.15, 0.2) is 0 Å². The summed E-state index contributed by atoms with van der Waals surface area (Å²) in [5.41, 5.74) is -0.144. The first kappa shape index (κ1) is 11.1. The van der Waals surface area contributed by atoms with Gasteiger partial charge in [0.25, 0.3) is 0 Å². The van der Waals surface area contributed by atoms with Gasteiger partial charge in [0.1, 0.15) is 5.78 Å². The molecule has 0 N–H and O–H groups in total. The summed E-state index contributed by atoms with van der Waals surface area (Å²) in [5.74, 6) is 1.35. The molecule has 1 saturated heterocycles. The van der Waals surface area contributed by atoms with Crippen LogP contribution in [0.1, 0.15) is 47.0 Å². The van der Waals surface area contributed by atoms with Crippen molar-refractivity contribution < 1.29 is 9.53 Å². The van der Waals surface area contributed by atoms with Crippen LogP contribution in [0, 0.1) is 17.3 Å². The van der Waals surface area contributed by atoms with E-state index in [-0.39, 0.29) is 11.5 Å². The third kappa shape index (κ3) is 1.37. The molecule has 2 fully saturated rings. The van der Waals surface area contributed by atoms with Crippen LogP contribution in [-0.2, 0) is 9.53 Å². The summed E-state index contributed by atoms with van der Waals surface area (Å²) in [5, 5.41) is 0. The van der Waals surface area contributed by atoms with Gasteiger partial charge >= 0.3 is 0 Å². The van der Waals surface area contributed by atoms with Crippen LogP contribution in [0.25, 0.3) is 0 Å². The van der Waals surface area contributed by atoms with Crippen molar-refractivity contribution in [3.63, 3.8) is 0 Å². The van der Waals surface area contributed by atoms with Crippen LogP contribution in [0.2, 0.25) is 0 Å². The van der Waals surface area contributed by atoms with Gasteiger partial charge < -0.3 is 4.74 Å². The van der Waals surface area contributed by atoms with Gasteiger partial charge in [0.05, 0.1) is 17.6 Å². The van der Waals surface area contributed by atoms with E-state index in [1.165, 1.54) is 12.8 Å². The molecule has 1 aliphatic carbocycles. The SMILES string of the molecule is CC(=O)[C@@]12CCC[C@@H]1[C@@H](C(C)C)O[C@H]2C. The maximum absolute atomic E-state index is 11.9. The topological polar surface area (TPSA) is 26.3 Å². The van der Waals surface area contributed by atoms with Gasteiger partial charge in [-0.3, -0.25) is 4.79 Å². The predicted molar refractivity (Wildman–Crippen MR) is 59.6 cm³/mol. The van der Waals surface area contributed by atoms with E-state index in [2.05, 4.69) is 20.8 Å². The van der Waals surface area contributed by atoms with Crippen molar-refractivity contribution >= 4 is 5.78 Å². The quantitative estimate of drug-likeness (QED) is 0.700. The Labute approximate surface area is 92.4 Å². The van der Waals surface area contributed by atoms with Crippen molar-refractivity contribution in [3.8, 4) is 0 Å². The number of Topliss-reactive ketones (excluding diaryl/α,β-unsaturated/α-hetero) is 1. The fourth-order valence-corrected chi connectivity index (χ4v) is 3.82. The minimum Gasteiger partial charge on any atom is -0.374 e. The molecule has 15 heavy (non-hydrogen) atoms. The van der Waals surface area contributed by atoms with Crippen molar-refractivity contribution in [1.82, 2.24) is 0 Å². The van der Waals surface area contributed by atoms with Gasteiger partial charge in [-0.1, -0.05) is 20.3 Å². The third-order valence-electron chi connectivity index (χ3n) is 4.56. The molecule has 0 aromatic rings. The Hall–Kier alpha value is -0.370. The molecule has 0 amide bonds. The number of carbonyl (C=O) groups is 1. The van der Waals surface area contributed by atoms with Gasteiger partial charge in [-0.15, -0.1) is 0 Å². The Morgan fingerprint density at radius 1 is 1.47 bits per heavy atom. The van der Waals surface area contributed by atoms with E-state index in [1.54, 1.807) is 6.92 Å². The van der Waals surface area contributed by atoms with Crippen molar-refractivity contribution in [1.29, 1.82) is 0 Å². The first-order valence-corrected chi connectivity index (χ1v) is 6.16. The zero-order chi connectivity index (χ0) is 11.2. The smallest absolute Gasteiger partial charge is 0.138 e. The molecule has 2 rings (SSSR count). The minimum atomic E-state index is -0.144. The van der Waals surface area contributed by atoms with E-state index in [0.29, 0.717) is 23.7 Å². The Morgan fingerprint density at radius 3 is 2.67 bits per heavy atom. The summed E-state index contributed by atoms with van der Waals surface area (Å²) in [6, 6.07) is 0. The average molecular weight is 210 g/mol. The van der Waals surface area contributed by atoms with Gasteiger partial charge in [-0.25, -0.2) is 0 Å². The Bertz CT molecular complexity index is 272. The number of hydrogen-bond donors (Lipinski definition) is 0. The number of fused-ring (bicyclic) bond motifs is 1. The molecule has 2 aliphatic rings. The fourth-order valence-electron chi connectivity index (χ4n) is 3.82. The van der Waals surface area contributed by atoms with Crippen LogP contribution in [0.3, 0.4) is 0 Å². The fraction of sp³-hybridized carbons (Fsp3) is 0.923. The van der Waals surface area contributed by atoms with Crippen LogP contribution in [-0.4, -0.2) is 18.0 Å². The van der Waals surface area contributed by atoms with E-state index in [9.17, 15) is 4.79 Å². The molecule has 0 spiro atoms. The Morgan fingerprint density at radius 2 is 2.13 bits per heavy atom. The molecule has 1 heterocycles. The van der Waals surface area contributed by atoms with Gasteiger partial charge in [0.2, 0.25) is 0 Å². The second-order valence-corrected chi connectivity index (χ2v) is 5.58. The van der Waals surface area contributed by atoms with Crippen LogP contribution in [0.5, 0.6) is 0 Å². The van der Waals surface area contributed by atoms with E-state index in [1.807, 2.05) is 0 Å². The summed E-state index contributed by atoms with van der Waals surface area (Å²) >= 11 is 0. The maximum Gasteiger partial charge on any atom is 0.138 e. The average Bonchev–Trinajstić information content (AvgIpc) is 2.65. The summed E-state index contributed by atoms with van der Waals surface area (Å²) in [6.45, 7) is 8.24. The molecule has 0 radical (unpaired) electrons. The Kier molecular flexibility index (Phi) is 2.66. The molecular weight excluding hydrogens is 188 g/mol. The first-order valence-electron chi connectivity index (χ1n) is 6.16. The molecule has 0 unspecified atom stereocenters. The second-order valence-electron chi connectivity index (χ2n) is 5.58. The molecule has 0 bridgehead atoms. The van der Waals surface area contributed by atoms with Crippen molar-refractivity contribution in [3.05, 3.63) is 0 Å². The highest BCUT2D eigenvalue weighted by molar-refractivity contribution is 5.84. The molecule has 2 nitrogen and oxygen atoms in total. The first-order chi connectivity index (χ1) is 7.00. The van der Waals surface area contributed by atoms with E-state index >= 15 is 0 Å². The maximum atomic E-state index is 11.9. The van der Waals surface area contributed by atoms with Crippen molar-refractivity contribution in [2.75, 3.05) is 0 Å². The standard InChI is InChI=1S/C13H22O2/c1-8(2)12-11-6-5-7-13(11,9(3)14)10(4)15-12/h8,10-12H,5-7H2,1-4H3/t10-,11+,12+,13+/m0/s1. The minimum absolute atomic E-state index is 0.120. The lowest BCUT2D eigenvalue weighted by Gasteiger charge is -2.29. The molecule has 4 atom stereocenters. The van der Waals surface area contributed by atoms with Crippen LogP contribution >= 0.6 is 0 Å². The summed E-state index contributed by atoms with van der Waals surface area (Å²) in [6.07, 6.45) is 3.83. The highest BCUT2D eigenvalue weighted by Crippen LogP contribution is 2.56. The lowest BCUT2D eigenvalue weighted by atomic mass is 9.70. The molecule has 0 aromatic heterocycles. The van der Waals surface area contributed by atoms with Crippen LogP contribution < -0.4 is 0 Å². The third-order valence-corrected chi connectivity index (χ3v) is 4.56. The molecule has 0 aromatic carbocycles. The number of carbonyl (C=O) groups excluding carboxylic acids is 1. The van der Waals surface area contributed by atoms with E-state index < -0.39 is 0 Å². The zero-order valence-electron chi connectivity index (χ0n) is 10.2. The molecule has 1 aliphatic heterocycles. The number of rotatable bonds is 2. The normalized spacial score (nSPS) is 44.7. The van der Waals surface area contributed by atoms with Crippen LogP contribution in [0.15, 0.2) is 0 Å². The van der Waals surface area contributed by atoms with Crippen LogP contribution in [0.4, 0.5) is 0 Å². The largest absolute Gasteiger partial charge is 0.374 e. The molecule has 1 saturated carbocycles. The zero-order valence-corrected chi connectivity index (χ0v) is 10.2. The lowest BCUT2D eigenvalue weighted by Crippen LogP contribution is -2.38. The van der Waals surface area contributed by atoms with Gasteiger partial charge in [-0.2, -0.15) is 0 Å². The molecule has 86 valence electrons. The monoisotopic (exact) mass is 210 g/mol. The van der Waals surface area contributed by atoms with Crippen molar-refractivity contribution in [2.45, 2.75) is 59.2 Å². The predicted octanol–water partition coefficient (Wildman–Crippen LogP) is 2.81. The summed E-state index contributed by atoms with van der Waals surface area (Å²) in [7, 11) is 0. The molecular formula is C13H22O2. The molecule has 2 heteroatoms. The number of ether oxygens (including phenoxy) is 1. The second kappa shape index (κ2) is 3.58. The summed E-state index contributed by atoms with van der Waals surface area (Å²) in [4.78, 5) is 11.9. The highest BCUT2D eigenvalue weighted by atomic mass is 16.5. The lowest BCUT2D eigenvalue weighted by molar-refractivity contribution is -0.130. The summed E-state index contributed by atoms with van der Waals surface area (Å²) < 4.78 is 6.03. The van der Waals surface area contributed by atoms with Crippen molar-refractivity contribution in [2.24, 2.45) is 17.3 Å². The number of ketones is 1. The number of hydrogen-bond acceptors (Lipinski definition) is 2. The Balaban J connectivity index is 2.33. The van der Waals surface area contributed by atoms with E-state index in [4.69, 9.17) is 4.74 Å². The van der Waals surface area contributed by atoms with E-state index in [0.717, 1.165) is 6.42 Å². The highest BCUT2D eigenvalue weighted by Gasteiger charge is 2.59.